The van der Waals surface area contributed by atoms with E-state index < -0.39 is 5.60 Å². The Morgan fingerprint density at radius 3 is 2.03 bits per heavy atom. The van der Waals surface area contributed by atoms with Crippen LogP contribution in [0.25, 0.3) is 0 Å². The molecule has 0 saturated carbocycles. The lowest BCUT2D eigenvalue weighted by Crippen LogP contribution is -2.48. The van der Waals surface area contributed by atoms with Gasteiger partial charge in [-0.3, -0.25) is 0 Å². The number of rotatable bonds is 6. The molecular weight excluding hydrogens is 382 g/mol. The first-order chi connectivity index (χ1) is 13.7. The van der Waals surface area contributed by atoms with Gasteiger partial charge in [0.05, 0.1) is 6.61 Å². The lowest BCUT2D eigenvalue weighted by atomic mass is 9.97. The van der Waals surface area contributed by atoms with E-state index in [-0.39, 0.29) is 10.8 Å². The van der Waals surface area contributed by atoms with Crippen LogP contribution < -0.4 is 0 Å². The second-order valence-corrected chi connectivity index (χ2v) is 8.80. The molecule has 1 fully saturated rings. The summed E-state index contributed by atoms with van der Waals surface area (Å²) >= 11 is 1.85. The minimum absolute atomic E-state index is 0.00459. The lowest BCUT2D eigenvalue weighted by molar-refractivity contribution is 0.0169. The van der Waals surface area contributed by atoms with Gasteiger partial charge in [-0.05, 0) is 53.5 Å². The van der Waals surface area contributed by atoms with Crippen LogP contribution in [-0.2, 0) is 9.47 Å². The van der Waals surface area contributed by atoms with Crippen molar-refractivity contribution in [3.05, 3.63) is 35.3 Å². The zero-order valence-corrected chi connectivity index (χ0v) is 21.3. The fourth-order valence-corrected chi connectivity index (χ4v) is 3.99. The molecule has 1 heterocycles. The van der Waals surface area contributed by atoms with E-state index in [0.717, 1.165) is 12.8 Å². The van der Waals surface area contributed by atoms with Crippen LogP contribution in [0.3, 0.4) is 0 Å². The third kappa shape index (κ3) is 12.9. The van der Waals surface area contributed by atoms with E-state index in [1.54, 1.807) is 7.11 Å². The molecule has 0 aliphatic carbocycles. The molecule has 0 spiro atoms. The van der Waals surface area contributed by atoms with Gasteiger partial charge in [0, 0.05) is 29.9 Å². The highest BCUT2D eigenvalue weighted by Gasteiger charge is 2.38. The summed E-state index contributed by atoms with van der Waals surface area (Å²) in [5, 5.41) is 0. The molecule has 0 aromatic rings. The van der Waals surface area contributed by atoms with E-state index in [1.807, 2.05) is 84.2 Å². The Bertz CT molecular complexity index is 511. The Morgan fingerprint density at radius 1 is 1.07 bits per heavy atom. The summed E-state index contributed by atoms with van der Waals surface area (Å²) in [6, 6.07) is 0. The summed E-state index contributed by atoms with van der Waals surface area (Å²) in [5.74, 6) is 0. The third-order valence-electron chi connectivity index (χ3n) is 3.92. The van der Waals surface area contributed by atoms with Crippen LogP contribution in [0.2, 0.25) is 0 Å². The number of hydrogen-bond donors (Lipinski definition) is 0. The molecule has 29 heavy (non-hydrogen) atoms. The van der Waals surface area contributed by atoms with E-state index in [9.17, 15) is 4.79 Å². The molecule has 0 radical (unpaired) electrons. The summed E-state index contributed by atoms with van der Waals surface area (Å²) in [6.45, 7) is 19.8. The Labute approximate surface area is 184 Å². The third-order valence-corrected chi connectivity index (χ3v) is 5.48. The zero-order chi connectivity index (χ0) is 22.9. The number of allylic oxidation sites excluding steroid dienone is 5. The standard InChI is InChI=1S/C20H33NO3S.2C2H6/c1-7-9-10-11-17(8-2)25-20(16-23-6)12-14-21(15-13-20)18(22)24-19(3,4)5;2*1-2/h7-11H,12-16H2,1-6H3;2*1-2H3/b9-7-,11-10-,17-8+;;. The van der Waals surface area contributed by atoms with Crippen LogP contribution in [-0.4, -0.2) is 48.1 Å². The fourth-order valence-electron chi connectivity index (χ4n) is 2.66. The first kappa shape index (κ1) is 30.0. The Hall–Kier alpha value is -1.20. The highest BCUT2D eigenvalue weighted by Crippen LogP contribution is 2.41. The van der Waals surface area contributed by atoms with Gasteiger partial charge in [0.2, 0.25) is 0 Å². The average Bonchev–Trinajstić information content (AvgIpc) is 2.70. The van der Waals surface area contributed by atoms with E-state index in [2.05, 4.69) is 25.2 Å². The van der Waals surface area contributed by atoms with Crippen LogP contribution in [0.15, 0.2) is 35.3 Å². The Balaban J connectivity index is 0. The Kier molecular flexibility index (Phi) is 17.2. The van der Waals surface area contributed by atoms with E-state index in [0.29, 0.717) is 19.7 Å². The van der Waals surface area contributed by atoms with Crippen molar-refractivity contribution in [3.63, 3.8) is 0 Å². The van der Waals surface area contributed by atoms with Gasteiger partial charge in [0.25, 0.3) is 0 Å². The molecule has 0 bridgehead atoms. The van der Waals surface area contributed by atoms with Gasteiger partial charge in [-0.15, -0.1) is 11.8 Å². The van der Waals surface area contributed by atoms with Crippen molar-refractivity contribution >= 4 is 17.9 Å². The molecule has 0 aromatic heterocycles. The topological polar surface area (TPSA) is 38.8 Å². The summed E-state index contributed by atoms with van der Waals surface area (Å²) in [5.41, 5.74) is -0.456. The van der Waals surface area contributed by atoms with E-state index in [4.69, 9.17) is 9.47 Å². The van der Waals surface area contributed by atoms with Gasteiger partial charge in [0.15, 0.2) is 0 Å². The van der Waals surface area contributed by atoms with Crippen molar-refractivity contribution in [2.45, 2.75) is 85.5 Å². The molecule has 1 rings (SSSR count). The number of likely N-dealkylation sites (tertiary alicyclic amines) is 1. The van der Waals surface area contributed by atoms with Crippen LogP contribution >= 0.6 is 11.8 Å². The second-order valence-electron chi connectivity index (χ2n) is 7.26. The van der Waals surface area contributed by atoms with Crippen LogP contribution in [0.4, 0.5) is 4.79 Å². The first-order valence-corrected chi connectivity index (χ1v) is 11.7. The summed E-state index contributed by atoms with van der Waals surface area (Å²) in [4.78, 5) is 15.3. The number of carbonyl (C=O) groups is 1. The maximum Gasteiger partial charge on any atom is 0.410 e. The summed E-state index contributed by atoms with van der Waals surface area (Å²) in [7, 11) is 1.74. The minimum atomic E-state index is -0.456. The van der Waals surface area contributed by atoms with Crippen molar-refractivity contribution in [2.75, 3.05) is 26.8 Å². The smallest absolute Gasteiger partial charge is 0.410 e. The van der Waals surface area contributed by atoms with Crippen molar-refractivity contribution in [3.8, 4) is 0 Å². The molecule has 1 aliphatic heterocycles. The van der Waals surface area contributed by atoms with E-state index >= 15 is 0 Å². The average molecular weight is 428 g/mol. The van der Waals surface area contributed by atoms with Crippen molar-refractivity contribution < 1.29 is 14.3 Å². The van der Waals surface area contributed by atoms with Crippen LogP contribution in [0, 0.1) is 0 Å². The van der Waals surface area contributed by atoms with Crippen molar-refractivity contribution in [2.24, 2.45) is 0 Å². The van der Waals surface area contributed by atoms with Crippen molar-refractivity contribution in [1.82, 2.24) is 4.90 Å². The number of hydrogen-bond acceptors (Lipinski definition) is 4. The quantitative estimate of drug-likeness (QED) is 0.419. The molecule has 0 N–H and O–H groups in total. The second kappa shape index (κ2) is 16.6. The highest BCUT2D eigenvalue weighted by molar-refractivity contribution is 8.04. The predicted octanol–water partition coefficient (Wildman–Crippen LogP) is 7.22. The number of nitrogens with zero attached hydrogens (tertiary/aromatic N) is 1. The number of carbonyl (C=O) groups excluding carboxylic acids is 1. The number of ether oxygens (including phenoxy) is 2. The predicted molar refractivity (Wildman–Crippen MR) is 130 cm³/mol. The van der Waals surface area contributed by atoms with Gasteiger partial charge < -0.3 is 14.4 Å². The molecule has 5 heteroatoms. The van der Waals surface area contributed by atoms with Gasteiger partial charge in [-0.25, -0.2) is 4.79 Å². The summed E-state index contributed by atoms with van der Waals surface area (Å²) in [6.07, 6.45) is 11.9. The van der Waals surface area contributed by atoms with E-state index in [1.165, 1.54) is 4.91 Å². The molecule has 170 valence electrons. The van der Waals surface area contributed by atoms with Crippen LogP contribution in [0.5, 0.6) is 0 Å². The Morgan fingerprint density at radius 2 is 1.62 bits per heavy atom. The number of amides is 1. The number of methoxy groups -OCH3 is 1. The van der Waals surface area contributed by atoms with Crippen LogP contribution in [0.1, 0.15) is 75.2 Å². The number of thioether (sulfide) groups is 1. The highest BCUT2D eigenvalue weighted by atomic mass is 32.2. The van der Waals surface area contributed by atoms with Gasteiger partial charge >= 0.3 is 6.09 Å². The van der Waals surface area contributed by atoms with Gasteiger partial charge in [-0.2, -0.15) is 0 Å². The molecule has 4 nitrogen and oxygen atoms in total. The number of piperidine rings is 1. The molecule has 0 aromatic carbocycles. The molecule has 1 amide bonds. The van der Waals surface area contributed by atoms with Gasteiger partial charge in [0.1, 0.15) is 5.60 Å². The fraction of sp³-hybridized carbons (Fsp3) is 0.708. The maximum atomic E-state index is 12.3. The molecular formula is C24H45NO3S. The molecule has 0 atom stereocenters. The first-order valence-electron chi connectivity index (χ1n) is 10.9. The molecule has 0 unspecified atom stereocenters. The maximum absolute atomic E-state index is 12.3. The van der Waals surface area contributed by atoms with Crippen molar-refractivity contribution in [1.29, 1.82) is 0 Å². The normalized spacial score (nSPS) is 16.8. The van der Waals surface area contributed by atoms with Gasteiger partial charge in [-0.1, -0.05) is 52.0 Å². The molecule has 1 aliphatic rings. The monoisotopic (exact) mass is 427 g/mol. The zero-order valence-electron chi connectivity index (χ0n) is 20.5. The summed E-state index contributed by atoms with van der Waals surface area (Å²) < 4.78 is 11.0. The lowest BCUT2D eigenvalue weighted by Gasteiger charge is -2.41. The largest absolute Gasteiger partial charge is 0.444 e. The minimum Gasteiger partial charge on any atom is -0.444 e. The molecule has 1 saturated heterocycles. The SMILES string of the molecule is CC.CC.C\C=C/C=C\C(=C/C)SC1(COC)CCN(C(=O)OC(C)(C)C)CC1.